The monoisotopic (exact) mass is 544 g/mol. The van der Waals surface area contributed by atoms with E-state index in [2.05, 4.69) is 6.58 Å². The number of aromatic hydroxyl groups is 1. The lowest BCUT2D eigenvalue weighted by atomic mass is 10.0. The summed E-state index contributed by atoms with van der Waals surface area (Å²) >= 11 is 6.79. The van der Waals surface area contributed by atoms with Crippen LogP contribution < -0.4 is 9.64 Å². The molecule has 1 aromatic heterocycles. The number of halogens is 2. The third-order valence-corrected chi connectivity index (χ3v) is 7.59. The number of hydrogen-bond acceptors (Lipinski definition) is 7. The van der Waals surface area contributed by atoms with Gasteiger partial charge in [0.1, 0.15) is 40.3 Å². The molecule has 202 valence electrons. The average molecular weight is 545 g/mol. The molecule has 0 spiro atoms. The summed E-state index contributed by atoms with van der Waals surface area (Å²) in [7, 11) is 0. The van der Waals surface area contributed by atoms with E-state index in [1.54, 1.807) is 9.80 Å². The summed E-state index contributed by atoms with van der Waals surface area (Å²) < 4.78 is 27.2. The molecule has 11 heteroatoms. The Balaban J connectivity index is 1.69. The predicted molar refractivity (Wildman–Crippen MR) is 140 cm³/mol. The number of aromatic nitrogens is 1. The van der Waals surface area contributed by atoms with Crippen molar-refractivity contribution in [1.82, 2.24) is 14.8 Å². The Morgan fingerprint density at radius 1 is 1.26 bits per heavy atom. The molecule has 3 aliphatic heterocycles. The molecular formula is C27H30ClFN4O5. The summed E-state index contributed by atoms with van der Waals surface area (Å²) in [4.78, 5) is 36.4. The Morgan fingerprint density at radius 2 is 2.03 bits per heavy atom. The molecule has 4 heterocycles. The molecule has 3 aliphatic rings. The number of nitrogens with zero attached hydrogens (tertiary/aromatic N) is 4. The van der Waals surface area contributed by atoms with Crippen LogP contribution in [0.3, 0.4) is 0 Å². The molecule has 2 fully saturated rings. The van der Waals surface area contributed by atoms with Gasteiger partial charge in [0.15, 0.2) is 5.75 Å². The second-order valence-electron chi connectivity index (χ2n) is 10.4. The average Bonchev–Trinajstić information content (AvgIpc) is 3.03. The summed E-state index contributed by atoms with van der Waals surface area (Å²) in [6.45, 7) is 11.1. The fourth-order valence-electron chi connectivity index (χ4n) is 5.23. The Labute approximate surface area is 225 Å². The Bertz CT molecular complexity index is 1300. The number of phenols is 1. The van der Waals surface area contributed by atoms with Crippen LogP contribution in [0.15, 0.2) is 30.9 Å². The first-order chi connectivity index (χ1) is 18.0. The van der Waals surface area contributed by atoms with Crippen LogP contribution in [-0.2, 0) is 9.53 Å². The molecule has 2 saturated heterocycles. The van der Waals surface area contributed by atoms with Crippen LogP contribution in [0.1, 0.15) is 31.1 Å². The third-order valence-electron chi connectivity index (χ3n) is 7.24. The fraction of sp³-hybridized carbons (Fsp3) is 0.444. The van der Waals surface area contributed by atoms with E-state index >= 15 is 4.39 Å². The molecule has 2 aromatic rings. The van der Waals surface area contributed by atoms with Gasteiger partial charge in [-0.05, 0) is 39.0 Å². The van der Waals surface area contributed by atoms with Gasteiger partial charge in [0, 0.05) is 26.2 Å². The van der Waals surface area contributed by atoms with E-state index in [4.69, 9.17) is 26.1 Å². The number of carbonyl (C=O) groups is 2. The third kappa shape index (κ3) is 4.45. The van der Waals surface area contributed by atoms with Gasteiger partial charge in [0.05, 0.1) is 29.9 Å². The molecular weight excluding hydrogens is 515 g/mol. The van der Waals surface area contributed by atoms with E-state index in [1.165, 1.54) is 24.3 Å². The van der Waals surface area contributed by atoms with E-state index in [9.17, 15) is 14.7 Å². The van der Waals surface area contributed by atoms with Crippen LogP contribution in [-0.4, -0.2) is 88.8 Å². The summed E-state index contributed by atoms with van der Waals surface area (Å²) in [5, 5.41) is 10.5. The Morgan fingerprint density at radius 3 is 2.74 bits per heavy atom. The van der Waals surface area contributed by atoms with Gasteiger partial charge in [0.25, 0.3) is 5.91 Å². The van der Waals surface area contributed by atoms with E-state index in [1.807, 2.05) is 25.7 Å². The van der Waals surface area contributed by atoms with E-state index in [0.29, 0.717) is 26.2 Å². The molecule has 0 radical (unpaired) electrons. The second kappa shape index (κ2) is 9.74. The normalized spacial score (nSPS) is 22.8. The quantitative estimate of drug-likeness (QED) is 0.591. The number of carbonyl (C=O) groups excluding carboxylic acids is 2. The molecule has 1 aromatic carbocycles. The summed E-state index contributed by atoms with van der Waals surface area (Å²) in [5.41, 5.74) is -0.578. The van der Waals surface area contributed by atoms with Gasteiger partial charge >= 0.3 is 0 Å². The maximum absolute atomic E-state index is 15.0. The van der Waals surface area contributed by atoms with Crippen LogP contribution in [0.2, 0.25) is 5.02 Å². The minimum absolute atomic E-state index is 0.0244. The topological polar surface area (TPSA) is 95.4 Å². The van der Waals surface area contributed by atoms with E-state index in [-0.39, 0.29) is 70.2 Å². The SMILES string of the molecule is C=CC(=O)N1CCN2C(=O)c3c(N4CC(C)(C)OC[C@@H]4C)nc(-c4c(O)cccc4F)c(Cl)c3OC[C@H]2C1. The second-order valence-corrected chi connectivity index (χ2v) is 10.8. The first-order valence-corrected chi connectivity index (χ1v) is 12.9. The van der Waals surface area contributed by atoms with Gasteiger partial charge in [0.2, 0.25) is 5.91 Å². The van der Waals surface area contributed by atoms with Crippen LogP contribution in [0, 0.1) is 5.82 Å². The number of piperazine rings is 1. The minimum atomic E-state index is -0.711. The van der Waals surface area contributed by atoms with Crippen molar-refractivity contribution in [2.45, 2.75) is 38.5 Å². The van der Waals surface area contributed by atoms with Crippen molar-refractivity contribution in [2.75, 3.05) is 44.3 Å². The summed E-state index contributed by atoms with van der Waals surface area (Å²) in [6, 6.07) is 3.33. The molecule has 2 atom stereocenters. The molecule has 0 unspecified atom stereocenters. The number of phenolic OH excluding ortho intramolecular Hbond substituents is 1. The van der Waals surface area contributed by atoms with E-state index in [0.717, 1.165) is 0 Å². The van der Waals surface area contributed by atoms with E-state index < -0.39 is 17.5 Å². The molecule has 0 bridgehead atoms. The van der Waals surface area contributed by atoms with Gasteiger partial charge in [-0.15, -0.1) is 0 Å². The van der Waals surface area contributed by atoms with Gasteiger partial charge in [-0.3, -0.25) is 9.59 Å². The zero-order valence-corrected chi connectivity index (χ0v) is 22.3. The molecule has 38 heavy (non-hydrogen) atoms. The zero-order chi connectivity index (χ0) is 27.4. The van der Waals surface area contributed by atoms with Crippen molar-refractivity contribution in [3.8, 4) is 22.8 Å². The summed E-state index contributed by atoms with van der Waals surface area (Å²) in [6.07, 6.45) is 1.25. The number of anilines is 1. The number of fused-ring (bicyclic) bond motifs is 2. The standard InChI is InChI=1S/C27H30ClFN4O5/c1-5-19(35)31-9-10-32-16(11-31)13-37-24-21(26(32)36)25(33-14-27(3,4)38-12-15(33)2)30-23(22(24)28)20-17(29)7-6-8-18(20)34/h5-8,15-16,34H,1,9-14H2,2-4H3/t15-,16+/m0/s1. The molecule has 5 rings (SSSR count). The van der Waals surface area contributed by atoms with Crippen LogP contribution in [0.4, 0.5) is 10.2 Å². The largest absolute Gasteiger partial charge is 0.507 e. The lowest BCUT2D eigenvalue weighted by Crippen LogP contribution is -2.57. The first kappa shape index (κ1) is 26.2. The van der Waals surface area contributed by atoms with Gasteiger partial charge < -0.3 is 29.3 Å². The fourth-order valence-corrected chi connectivity index (χ4v) is 5.51. The van der Waals surface area contributed by atoms with Crippen molar-refractivity contribution in [2.24, 2.45) is 0 Å². The van der Waals surface area contributed by atoms with Gasteiger partial charge in [-0.2, -0.15) is 0 Å². The highest BCUT2D eigenvalue weighted by Gasteiger charge is 2.43. The summed E-state index contributed by atoms with van der Waals surface area (Å²) in [5.74, 6) is -1.25. The van der Waals surface area contributed by atoms with Crippen molar-refractivity contribution in [1.29, 1.82) is 0 Å². The number of ether oxygens (including phenoxy) is 2. The molecule has 2 amide bonds. The number of benzene rings is 1. The highest BCUT2D eigenvalue weighted by Crippen LogP contribution is 2.46. The predicted octanol–water partition coefficient (Wildman–Crippen LogP) is 3.48. The van der Waals surface area contributed by atoms with Crippen LogP contribution in [0.25, 0.3) is 11.3 Å². The molecule has 0 aliphatic carbocycles. The Kier molecular flexibility index (Phi) is 6.73. The van der Waals surface area contributed by atoms with Crippen molar-refractivity contribution < 1.29 is 28.6 Å². The van der Waals surface area contributed by atoms with Crippen LogP contribution >= 0.6 is 11.6 Å². The van der Waals surface area contributed by atoms with Crippen LogP contribution in [0.5, 0.6) is 11.5 Å². The maximum atomic E-state index is 15.0. The highest BCUT2D eigenvalue weighted by molar-refractivity contribution is 6.35. The molecule has 1 N–H and O–H groups in total. The number of pyridine rings is 1. The zero-order valence-electron chi connectivity index (χ0n) is 21.5. The number of rotatable bonds is 3. The molecule has 9 nitrogen and oxygen atoms in total. The number of hydrogen-bond donors (Lipinski definition) is 1. The van der Waals surface area contributed by atoms with Gasteiger partial charge in [-0.1, -0.05) is 24.2 Å². The van der Waals surface area contributed by atoms with Crippen molar-refractivity contribution in [3.05, 3.63) is 47.3 Å². The Hall–Kier alpha value is -3.37. The number of morpholine rings is 1. The lowest BCUT2D eigenvalue weighted by molar-refractivity contribution is -0.128. The molecule has 0 saturated carbocycles. The van der Waals surface area contributed by atoms with Crippen molar-refractivity contribution >= 4 is 29.2 Å². The van der Waals surface area contributed by atoms with Crippen molar-refractivity contribution in [3.63, 3.8) is 0 Å². The lowest BCUT2D eigenvalue weighted by Gasteiger charge is -2.44. The smallest absolute Gasteiger partial charge is 0.261 e. The minimum Gasteiger partial charge on any atom is -0.507 e. The number of amides is 2. The van der Waals surface area contributed by atoms with Gasteiger partial charge in [-0.25, -0.2) is 9.37 Å². The highest BCUT2D eigenvalue weighted by atomic mass is 35.5. The maximum Gasteiger partial charge on any atom is 0.261 e. The first-order valence-electron chi connectivity index (χ1n) is 12.5.